The van der Waals surface area contributed by atoms with Crippen molar-refractivity contribution < 1.29 is 18.7 Å². The number of amides is 1. The molecule has 4 rings (SSSR count). The van der Waals surface area contributed by atoms with Crippen molar-refractivity contribution >= 4 is 17.7 Å². The molecule has 2 aromatic heterocycles. The van der Waals surface area contributed by atoms with Crippen LogP contribution in [-0.4, -0.2) is 47.4 Å². The highest BCUT2D eigenvalue weighted by Crippen LogP contribution is 2.38. The molecule has 0 radical (unpaired) electrons. The minimum absolute atomic E-state index is 0.0775. The molecule has 1 aliphatic heterocycles. The second-order valence-corrected chi connectivity index (χ2v) is 8.96. The van der Waals surface area contributed by atoms with Crippen LogP contribution >= 0.6 is 0 Å². The third kappa shape index (κ3) is 4.90. The van der Waals surface area contributed by atoms with Crippen molar-refractivity contribution in [2.45, 2.75) is 39.7 Å². The Morgan fingerprint density at radius 2 is 1.97 bits per heavy atom. The van der Waals surface area contributed by atoms with Crippen molar-refractivity contribution in [3.05, 3.63) is 65.7 Å². The molecule has 3 aromatic rings. The Hall–Kier alpha value is -4.12. The Kier molecular flexibility index (Phi) is 6.87. The first-order valence-electron chi connectivity index (χ1n) is 11.6. The number of hydrogen-bond donors (Lipinski definition) is 0. The van der Waals surface area contributed by atoms with Crippen LogP contribution in [0, 0.1) is 11.3 Å². The van der Waals surface area contributed by atoms with E-state index < -0.39 is 5.97 Å². The van der Waals surface area contributed by atoms with E-state index in [0.717, 1.165) is 5.69 Å². The average molecular weight is 473 g/mol. The lowest BCUT2D eigenvalue weighted by Gasteiger charge is -2.40. The number of anilines is 1. The van der Waals surface area contributed by atoms with Crippen molar-refractivity contribution in [1.29, 1.82) is 5.26 Å². The number of rotatable bonds is 5. The quantitative estimate of drug-likeness (QED) is 0.395. The van der Waals surface area contributed by atoms with Crippen molar-refractivity contribution in [2.75, 3.05) is 24.5 Å². The lowest BCUT2D eigenvalue weighted by Crippen LogP contribution is -2.54. The normalized spacial score (nSPS) is 15.7. The fraction of sp³-hybridized carbons (Fsp3) is 0.333. The topological polar surface area (TPSA) is 99.7 Å². The maximum Gasteiger partial charge on any atom is 0.308 e. The molecule has 1 fully saturated rings. The van der Waals surface area contributed by atoms with Crippen molar-refractivity contribution in [3.63, 3.8) is 0 Å². The zero-order valence-electron chi connectivity index (χ0n) is 20.3. The summed E-state index contributed by atoms with van der Waals surface area (Å²) in [5, 5.41) is 10.2. The third-order valence-corrected chi connectivity index (χ3v) is 6.11. The fourth-order valence-corrected chi connectivity index (χ4v) is 4.33. The predicted molar refractivity (Wildman–Crippen MR) is 131 cm³/mol. The number of ether oxygens (including phenoxy) is 1. The maximum absolute atomic E-state index is 12.9. The van der Waals surface area contributed by atoms with E-state index in [-0.39, 0.29) is 17.9 Å². The highest BCUT2D eigenvalue weighted by molar-refractivity contribution is 5.94. The molecule has 1 atom stereocenters. The summed E-state index contributed by atoms with van der Waals surface area (Å²) in [7, 11) is 0. The number of esters is 1. The second kappa shape index (κ2) is 10.0. The highest BCUT2D eigenvalue weighted by Gasteiger charge is 2.31. The SMILES string of the molecule is CC(=O)Oc1ccccc1-c1cc(C(C)C)nc(N2CCN(C(=O)c3ccoc3)C(C)C2)c1C#N. The van der Waals surface area contributed by atoms with Gasteiger partial charge in [0.05, 0.1) is 11.8 Å². The number of para-hydroxylation sites is 1. The van der Waals surface area contributed by atoms with E-state index in [4.69, 9.17) is 14.1 Å². The summed E-state index contributed by atoms with van der Waals surface area (Å²) in [5.74, 6) is 0.580. The number of carbonyl (C=O) groups excluding carboxylic acids is 2. The number of piperazine rings is 1. The molecule has 0 N–H and O–H groups in total. The number of nitrogens with zero attached hydrogens (tertiary/aromatic N) is 4. The van der Waals surface area contributed by atoms with Crippen LogP contribution in [0.3, 0.4) is 0 Å². The van der Waals surface area contributed by atoms with Gasteiger partial charge in [0.2, 0.25) is 0 Å². The molecule has 1 saturated heterocycles. The number of furan rings is 1. The van der Waals surface area contributed by atoms with Crippen LogP contribution in [0.2, 0.25) is 0 Å². The van der Waals surface area contributed by atoms with E-state index in [9.17, 15) is 14.9 Å². The van der Waals surface area contributed by atoms with E-state index in [2.05, 4.69) is 11.0 Å². The van der Waals surface area contributed by atoms with Crippen LogP contribution in [-0.2, 0) is 4.79 Å². The van der Waals surface area contributed by atoms with Gasteiger partial charge in [0.1, 0.15) is 29.5 Å². The molecule has 0 saturated carbocycles. The molecular formula is C27H28N4O4. The van der Waals surface area contributed by atoms with Gasteiger partial charge >= 0.3 is 5.97 Å². The molecule has 180 valence electrons. The first-order valence-corrected chi connectivity index (χ1v) is 11.6. The smallest absolute Gasteiger partial charge is 0.308 e. The molecule has 0 bridgehead atoms. The van der Waals surface area contributed by atoms with Gasteiger partial charge in [-0.1, -0.05) is 32.0 Å². The lowest BCUT2D eigenvalue weighted by atomic mass is 9.96. The summed E-state index contributed by atoms with van der Waals surface area (Å²) in [6.07, 6.45) is 2.94. The Morgan fingerprint density at radius 1 is 1.20 bits per heavy atom. The van der Waals surface area contributed by atoms with Crippen LogP contribution in [0.4, 0.5) is 5.82 Å². The number of aromatic nitrogens is 1. The Bertz CT molecular complexity index is 1280. The minimum atomic E-state index is -0.429. The van der Waals surface area contributed by atoms with Crippen molar-refractivity contribution in [3.8, 4) is 22.9 Å². The molecule has 1 unspecified atom stereocenters. The second-order valence-electron chi connectivity index (χ2n) is 8.96. The highest BCUT2D eigenvalue weighted by atomic mass is 16.5. The first-order chi connectivity index (χ1) is 16.8. The van der Waals surface area contributed by atoms with Crippen LogP contribution in [0.1, 0.15) is 55.2 Å². The molecule has 0 spiro atoms. The number of carbonyl (C=O) groups is 2. The molecule has 1 aliphatic rings. The number of benzene rings is 1. The van der Waals surface area contributed by atoms with Gasteiger partial charge in [-0.2, -0.15) is 5.26 Å². The van der Waals surface area contributed by atoms with E-state index in [1.54, 1.807) is 18.2 Å². The third-order valence-electron chi connectivity index (χ3n) is 6.11. The standard InChI is InChI=1S/C27H28N4O4/c1-17(2)24-13-22(21-7-5-6-8-25(21)35-19(4)32)23(14-28)26(29-24)30-10-11-31(18(3)15-30)27(33)20-9-12-34-16-20/h5-9,12-13,16-18H,10-11,15H2,1-4H3. The lowest BCUT2D eigenvalue weighted by molar-refractivity contribution is -0.131. The van der Waals surface area contributed by atoms with Gasteiger partial charge in [-0.05, 0) is 31.0 Å². The molecular weight excluding hydrogens is 444 g/mol. The van der Waals surface area contributed by atoms with Gasteiger partial charge in [-0.3, -0.25) is 9.59 Å². The molecule has 8 heteroatoms. The van der Waals surface area contributed by atoms with Gasteiger partial charge in [0.15, 0.2) is 0 Å². The van der Waals surface area contributed by atoms with Gasteiger partial charge < -0.3 is 19.0 Å². The van der Waals surface area contributed by atoms with E-state index >= 15 is 0 Å². The summed E-state index contributed by atoms with van der Waals surface area (Å²) in [6, 6.07) is 13.0. The molecule has 35 heavy (non-hydrogen) atoms. The minimum Gasteiger partial charge on any atom is -0.472 e. The van der Waals surface area contributed by atoms with Gasteiger partial charge in [0.25, 0.3) is 5.91 Å². The summed E-state index contributed by atoms with van der Waals surface area (Å²) >= 11 is 0. The first kappa shape index (κ1) is 24.0. The van der Waals surface area contributed by atoms with Crippen LogP contribution < -0.4 is 9.64 Å². The summed E-state index contributed by atoms with van der Waals surface area (Å²) in [6.45, 7) is 8.97. The van der Waals surface area contributed by atoms with E-state index in [1.807, 2.05) is 43.9 Å². The predicted octanol–water partition coefficient (Wildman–Crippen LogP) is 4.61. The maximum atomic E-state index is 12.9. The van der Waals surface area contributed by atoms with Crippen molar-refractivity contribution in [2.24, 2.45) is 0 Å². The summed E-state index contributed by atoms with van der Waals surface area (Å²) < 4.78 is 10.5. The van der Waals surface area contributed by atoms with Gasteiger partial charge in [-0.25, -0.2) is 4.98 Å². The molecule has 3 heterocycles. The molecule has 1 amide bonds. The zero-order valence-corrected chi connectivity index (χ0v) is 20.3. The summed E-state index contributed by atoms with van der Waals surface area (Å²) in [4.78, 5) is 33.3. The zero-order chi connectivity index (χ0) is 25.1. The largest absolute Gasteiger partial charge is 0.472 e. The molecule has 1 aromatic carbocycles. The Morgan fingerprint density at radius 3 is 2.60 bits per heavy atom. The van der Waals surface area contributed by atoms with E-state index in [1.165, 1.54) is 19.5 Å². The number of pyridine rings is 1. The van der Waals surface area contributed by atoms with Crippen LogP contribution in [0.5, 0.6) is 5.75 Å². The molecule has 8 nitrogen and oxygen atoms in total. The molecule has 0 aliphatic carbocycles. The Balaban J connectivity index is 1.74. The number of hydrogen-bond acceptors (Lipinski definition) is 7. The fourth-order valence-electron chi connectivity index (χ4n) is 4.33. The van der Waals surface area contributed by atoms with Gasteiger partial charge in [-0.15, -0.1) is 0 Å². The number of nitriles is 1. The van der Waals surface area contributed by atoms with Crippen LogP contribution in [0.15, 0.2) is 53.3 Å². The summed E-state index contributed by atoms with van der Waals surface area (Å²) in [5.41, 5.74) is 3.09. The van der Waals surface area contributed by atoms with Crippen molar-refractivity contribution in [1.82, 2.24) is 9.88 Å². The van der Waals surface area contributed by atoms with Gasteiger partial charge in [0, 0.05) is 49.4 Å². The monoisotopic (exact) mass is 472 g/mol. The average Bonchev–Trinajstić information content (AvgIpc) is 3.38. The van der Waals surface area contributed by atoms with E-state index in [0.29, 0.717) is 53.5 Å². The van der Waals surface area contributed by atoms with Crippen LogP contribution in [0.25, 0.3) is 11.1 Å². The Labute approximate surface area is 204 Å².